The number of ether oxygens (including phenoxy) is 1. The van der Waals surface area contributed by atoms with Crippen LogP contribution in [0.3, 0.4) is 0 Å². The van der Waals surface area contributed by atoms with Crippen molar-refractivity contribution in [1.29, 1.82) is 0 Å². The van der Waals surface area contributed by atoms with Gasteiger partial charge in [0.25, 0.3) is 0 Å². The Labute approximate surface area is 125 Å². The first-order valence-electron chi connectivity index (χ1n) is 7.51. The number of piperazine rings is 1. The van der Waals surface area contributed by atoms with Gasteiger partial charge >= 0.3 is 5.97 Å². The summed E-state index contributed by atoms with van der Waals surface area (Å²) in [5.74, 6) is -0.0886. The SMILES string of the molecule is Cc1cc2c(c(N3CCN(C)CC3)c1)OC(C(=O)O)CC2. The van der Waals surface area contributed by atoms with E-state index in [4.69, 9.17) is 4.74 Å². The fourth-order valence-electron chi connectivity index (χ4n) is 3.09. The molecule has 1 unspecified atom stereocenters. The molecule has 1 fully saturated rings. The lowest BCUT2D eigenvalue weighted by atomic mass is 9.98. The van der Waals surface area contributed by atoms with Gasteiger partial charge in [-0.3, -0.25) is 0 Å². The van der Waals surface area contributed by atoms with Gasteiger partial charge in [0.15, 0.2) is 6.10 Å². The van der Waals surface area contributed by atoms with Gasteiger partial charge in [-0.2, -0.15) is 0 Å². The van der Waals surface area contributed by atoms with E-state index < -0.39 is 12.1 Å². The molecular weight excluding hydrogens is 268 g/mol. The van der Waals surface area contributed by atoms with Crippen molar-refractivity contribution in [2.45, 2.75) is 25.9 Å². The predicted molar refractivity (Wildman–Crippen MR) is 81.3 cm³/mol. The van der Waals surface area contributed by atoms with Crippen LogP contribution < -0.4 is 9.64 Å². The van der Waals surface area contributed by atoms with Crippen LogP contribution in [0.5, 0.6) is 5.75 Å². The number of carbonyl (C=O) groups is 1. The maximum atomic E-state index is 11.2. The minimum Gasteiger partial charge on any atom is -0.479 e. The second-order valence-electron chi connectivity index (χ2n) is 6.05. The Hall–Kier alpha value is -1.75. The molecule has 0 radical (unpaired) electrons. The van der Waals surface area contributed by atoms with Crippen molar-refractivity contribution < 1.29 is 14.6 Å². The van der Waals surface area contributed by atoms with E-state index in [0.717, 1.165) is 49.6 Å². The highest BCUT2D eigenvalue weighted by atomic mass is 16.5. The molecule has 5 heteroatoms. The third kappa shape index (κ3) is 2.83. The van der Waals surface area contributed by atoms with Crippen molar-refractivity contribution in [3.63, 3.8) is 0 Å². The monoisotopic (exact) mass is 290 g/mol. The van der Waals surface area contributed by atoms with Gasteiger partial charge in [0.1, 0.15) is 5.75 Å². The number of benzene rings is 1. The summed E-state index contributed by atoms with van der Waals surface area (Å²) in [5, 5.41) is 9.21. The van der Waals surface area contributed by atoms with E-state index in [2.05, 4.69) is 35.9 Å². The van der Waals surface area contributed by atoms with Crippen LogP contribution >= 0.6 is 0 Å². The number of hydrogen-bond donors (Lipinski definition) is 1. The zero-order valence-electron chi connectivity index (χ0n) is 12.6. The number of carboxylic acids is 1. The third-order valence-corrected chi connectivity index (χ3v) is 4.35. The first-order valence-corrected chi connectivity index (χ1v) is 7.51. The summed E-state index contributed by atoms with van der Waals surface area (Å²) in [6, 6.07) is 4.24. The van der Waals surface area contributed by atoms with Crippen LogP contribution in [0.25, 0.3) is 0 Å². The number of anilines is 1. The Balaban J connectivity index is 1.93. The van der Waals surface area contributed by atoms with Crippen molar-refractivity contribution in [3.05, 3.63) is 23.3 Å². The summed E-state index contributed by atoms with van der Waals surface area (Å²) < 4.78 is 5.80. The molecule has 0 spiro atoms. The lowest BCUT2D eigenvalue weighted by molar-refractivity contribution is -0.145. The van der Waals surface area contributed by atoms with Gasteiger partial charge in [-0.15, -0.1) is 0 Å². The van der Waals surface area contributed by atoms with Crippen LogP contribution in [0.1, 0.15) is 17.5 Å². The van der Waals surface area contributed by atoms with Crippen LogP contribution in [0, 0.1) is 6.92 Å². The van der Waals surface area contributed by atoms with Gasteiger partial charge in [0.05, 0.1) is 5.69 Å². The van der Waals surface area contributed by atoms with Gasteiger partial charge in [-0.25, -0.2) is 4.79 Å². The fourth-order valence-corrected chi connectivity index (χ4v) is 3.09. The molecule has 1 aromatic carbocycles. The summed E-state index contributed by atoms with van der Waals surface area (Å²) >= 11 is 0. The highest BCUT2D eigenvalue weighted by Crippen LogP contribution is 2.38. The largest absolute Gasteiger partial charge is 0.479 e. The average Bonchev–Trinajstić information content (AvgIpc) is 2.46. The molecule has 114 valence electrons. The minimum atomic E-state index is -0.870. The number of likely N-dealkylation sites (N-methyl/N-ethyl adjacent to an activating group) is 1. The first kappa shape index (κ1) is 14.2. The molecule has 0 aliphatic carbocycles. The number of carboxylic acid groups (broad SMARTS) is 1. The van der Waals surface area contributed by atoms with Crippen LogP contribution in [0.15, 0.2) is 12.1 Å². The topological polar surface area (TPSA) is 53.0 Å². The molecule has 2 aliphatic heterocycles. The lowest BCUT2D eigenvalue weighted by Crippen LogP contribution is -2.45. The standard InChI is InChI=1S/C16H22N2O3/c1-11-9-12-3-4-14(16(19)20)21-15(12)13(10-11)18-7-5-17(2)6-8-18/h9-10,14H,3-8H2,1-2H3,(H,19,20). The fraction of sp³-hybridized carbons (Fsp3) is 0.562. The van der Waals surface area contributed by atoms with E-state index in [-0.39, 0.29) is 0 Å². The van der Waals surface area contributed by atoms with E-state index in [9.17, 15) is 9.90 Å². The van der Waals surface area contributed by atoms with Crippen LogP contribution in [0.2, 0.25) is 0 Å². The van der Waals surface area contributed by atoms with Gasteiger partial charge in [-0.05, 0) is 44.0 Å². The molecule has 1 saturated heterocycles. The molecule has 0 bridgehead atoms. The second-order valence-corrected chi connectivity index (χ2v) is 6.05. The Kier molecular flexibility index (Phi) is 3.76. The summed E-state index contributed by atoms with van der Waals surface area (Å²) in [7, 11) is 2.13. The first-order chi connectivity index (χ1) is 10.0. The molecule has 1 aromatic rings. The molecule has 1 N–H and O–H groups in total. The molecule has 0 saturated carbocycles. The lowest BCUT2D eigenvalue weighted by Gasteiger charge is -2.37. The highest BCUT2D eigenvalue weighted by Gasteiger charge is 2.29. The van der Waals surface area contributed by atoms with Gasteiger partial charge in [-0.1, -0.05) is 6.07 Å². The number of hydrogen-bond acceptors (Lipinski definition) is 4. The maximum absolute atomic E-state index is 11.2. The second kappa shape index (κ2) is 5.56. The maximum Gasteiger partial charge on any atom is 0.344 e. The van der Waals surface area contributed by atoms with Crippen molar-refractivity contribution in [2.75, 3.05) is 38.1 Å². The molecular formula is C16H22N2O3. The smallest absolute Gasteiger partial charge is 0.344 e. The number of rotatable bonds is 2. The predicted octanol–water partition coefficient (Wildman–Crippen LogP) is 1.53. The molecule has 2 heterocycles. The van der Waals surface area contributed by atoms with Crippen LogP contribution in [-0.2, 0) is 11.2 Å². The summed E-state index contributed by atoms with van der Waals surface area (Å²) in [6.45, 7) is 6.03. The third-order valence-electron chi connectivity index (χ3n) is 4.35. The number of aryl methyl sites for hydroxylation is 2. The normalized spacial score (nSPS) is 22.6. The Morgan fingerprint density at radius 2 is 2.00 bits per heavy atom. The van der Waals surface area contributed by atoms with E-state index in [1.807, 2.05) is 0 Å². The summed E-state index contributed by atoms with van der Waals surface area (Å²) in [5.41, 5.74) is 3.41. The molecule has 21 heavy (non-hydrogen) atoms. The molecule has 5 nitrogen and oxygen atoms in total. The van der Waals surface area contributed by atoms with Crippen molar-refractivity contribution in [1.82, 2.24) is 4.90 Å². The van der Waals surface area contributed by atoms with E-state index in [1.165, 1.54) is 5.56 Å². The van der Waals surface area contributed by atoms with Gasteiger partial charge < -0.3 is 19.6 Å². The summed E-state index contributed by atoms with van der Waals surface area (Å²) in [4.78, 5) is 15.8. The van der Waals surface area contributed by atoms with E-state index in [0.29, 0.717) is 6.42 Å². The highest BCUT2D eigenvalue weighted by molar-refractivity contribution is 5.75. The Bertz CT molecular complexity index is 551. The van der Waals surface area contributed by atoms with E-state index >= 15 is 0 Å². The number of fused-ring (bicyclic) bond motifs is 1. The Morgan fingerprint density at radius 1 is 1.29 bits per heavy atom. The molecule has 0 aromatic heterocycles. The zero-order chi connectivity index (χ0) is 15.0. The van der Waals surface area contributed by atoms with Crippen molar-refractivity contribution in [3.8, 4) is 5.75 Å². The quantitative estimate of drug-likeness (QED) is 0.895. The van der Waals surface area contributed by atoms with Gasteiger partial charge in [0.2, 0.25) is 0 Å². The zero-order valence-corrected chi connectivity index (χ0v) is 12.6. The minimum absolute atomic E-state index is 0.550. The number of nitrogens with zero attached hydrogens (tertiary/aromatic N) is 2. The number of aliphatic carboxylic acids is 1. The summed E-state index contributed by atoms with van der Waals surface area (Å²) in [6.07, 6.45) is 0.606. The van der Waals surface area contributed by atoms with Crippen molar-refractivity contribution >= 4 is 11.7 Å². The molecule has 1 atom stereocenters. The van der Waals surface area contributed by atoms with Crippen LogP contribution in [-0.4, -0.2) is 55.3 Å². The molecule has 3 rings (SSSR count). The van der Waals surface area contributed by atoms with Crippen LogP contribution in [0.4, 0.5) is 5.69 Å². The van der Waals surface area contributed by atoms with Crippen molar-refractivity contribution in [2.24, 2.45) is 0 Å². The average molecular weight is 290 g/mol. The molecule has 2 aliphatic rings. The molecule has 0 amide bonds. The van der Waals surface area contributed by atoms with Gasteiger partial charge in [0, 0.05) is 26.2 Å². The van der Waals surface area contributed by atoms with E-state index in [1.54, 1.807) is 0 Å². The Morgan fingerprint density at radius 3 is 2.67 bits per heavy atom.